The van der Waals surface area contributed by atoms with Crippen LogP contribution in [0.3, 0.4) is 0 Å². The van der Waals surface area contributed by atoms with Crippen LogP contribution in [0.2, 0.25) is 0 Å². The van der Waals surface area contributed by atoms with Gasteiger partial charge in [0.15, 0.2) is 0 Å². The van der Waals surface area contributed by atoms with E-state index in [0.717, 1.165) is 5.69 Å². The maximum absolute atomic E-state index is 12.9. The fourth-order valence-corrected chi connectivity index (χ4v) is 3.22. The number of carbonyl (C=O) groups is 1. The zero-order chi connectivity index (χ0) is 17.9. The molecule has 3 atom stereocenters. The fourth-order valence-electron chi connectivity index (χ4n) is 2.55. The predicted octanol–water partition coefficient (Wildman–Crippen LogP) is 1.98. The van der Waals surface area contributed by atoms with Crippen LogP contribution >= 0.6 is 0 Å². The molecule has 1 amide bonds. The van der Waals surface area contributed by atoms with Gasteiger partial charge in [-0.25, -0.2) is 0 Å². The van der Waals surface area contributed by atoms with Gasteiger partial charge in [-0.2, -0.15) is 15.3 Å². The minimum Gasteiger partial charge on any atom is -0.307 e. The van der Waals surface area contributed by atoms with Gasteiger partial charge in [0.25, 0.3) is 5.91 Å². The second-order valence-electron chi connectivity index (χ2n) is 5.68. The van der Waals surface area contributed by atoms with Crippen LogP contribution in [0, 0.1) is 6.92 Å². The van der Waals surface area contributed by atoms with Crippen molar-refractivity contribution in [1.82, 2.24) is 20.0 Å². The number of anilines is 1. The highest BCUT2D eigenvalue weighted by Crippen LogP contribution is 2.22. The highest BCUT2D eigenvalue weighted by atomic mass is 32.2. The topological polar surface area (TPSA) is 81.0 Å². The van der Waals surface area contributed by atoms with Gasteiger partial charge in [-0.15, -0.1) is 0 Å². The molecule has 8 heteroatoms. The van der Waals surface area contributed by atoms with E-state index in [0.29, 0.717) is 17.8 Å². The Morgan fingerprint density at radius 3 is 2.58 bits per heavy atom. The lowest BCUT2D eigenvalue weighted by molar-refractivity contribution is 0.0987. The van der Waals surface area contributed by atoms with Crippen LogP contribution in [-0.2, 0) is 10.8 Å². The molecule has 0 aliphatic carbocycles. The van der Waals surface area contributed by atoms with Gasteiger partial charge in [-0.1, -0.05) is 0 Å². The highest BCUT2D eigenvalue weighted by molar-refractivity contribution is 7.84. The second kappa shape index (κ2) is 7.65. The maximum Gasteiger partial charge on any atom is 0.261 e. The minimum absolute atomic E-state index is 0.0572. The average Bonchev–Trinajstić information content (AvgIpc) is 2.96. The van der Waals surface area contributed by atoms with Crippen LogP contribution in [-0.4, -0.2) is 48.1 Å². The van der Waals surface area contributed by atoms with Crippen LogP contribution in [0.5, 0.6) is 0 Å². The number of carbonyl (C=O) groups excluding carboxylic acids is 1. The van der Waals surface area contributed by atoms with Crippen LogP contribution in [0.25, 0.3) is 0 Å². The fraction of sp³-hybridized carbons (Fsp3) is 0.500. The predicted molar refractivity (Wildman–Crippen MR) is 94.6 cm³/mol. The minimum atomic E-state index is -0.962. The standard InChI is InChI=1S/C16H23N5O2S/c1-6-20(14-7-8-17-18-9-14)16(22)15-10-19-21(12(15)3)11(2)13(4)24(5)23/h7-11,13H,6H2,1-5H3. The van der Waals surface area contributed by atoms with Gasteiger partial charge in [-0.05, 0) is 33.8 Å². The van der Waals surface area contributed by atoms with Crippen LogP contribution in [0.1, 0.15) is 42.9 Å². The molecule has 24 heavy (non-hydrogen) atoms. The lowest BCUT2D eigenvalue weighted by atomic mass is 10.2. The molecule has 2 aromatic heterocycles. The Balaban J connectivity index is 2.33. The van der Waals surface area contributed by atoms with Crippen molar-refractivity contribution in [1.29, 1.82) is 0 Å². The van der Waals surface area contributed by atoms with E-state index in [1.807, 2.05) is 27.7 Å². The molecule has 2 heterocycles. The molecule has 0 aliphatic heterocycles. The molecule has 0 N–H and O–H groups in total. The normalized spacial score (nSPS) is 14.9. The zero-order valence-electron chi connectivity index (χ0n) is 14.6. The van der Waals surface area contributed by atoms with Gasteiger partial charge in [0.2, 0.25) is 0 Å². The van der Waals surface area contributed by atoms with Crippen molar-refractivity contribution in [2.45, 2.75) is 39.0 Å². The summed E-state index contributed by atoms with van der Waals surface area (Å²) in [6.45, 7) is 8.17. The first-order chi connectivity index (χ1) is 11.4. The Kier molecular flexibility index (Phi) is 5.82. The summed E-state index contributed by atoms with van der Waals surface area (Å²) < 4.78 is 13.5. The van der Waals surface area contributed by atoms with E-state index >= 15 is 0 Å². The molecule has 0 radical (unpaired) electrons. The molecule has 0 aromatic carbocycles. The van der Waals surface area contributed by atoms with Gasteiger partial charge in [0.05, 0.1) is 41.1 Å². The van der Waals surface area contributed by atoms with Gasteiger partial charge >= 0.3 is 0 Å². The van der Waals surface area contributed by atoms with Crippen LogP contribution in [0.4, 0.5) is 5.69 Å². The van der Waals surface area contributed by atoms with E-state index in [1.54, 1.807) is 40.5 Å². The monoisotopic (exact) mass is 349 g/mol. The number of hydrogen-bond acceptors (Lipinski definition) is 5. The van der Waals surface area contributed by atoms with Crippen molar-refractivity contribution in [3.63, 3.8) is 0 Å². The van der Waals surface area contributed by atoms with Crippen molar-refractivity contribution < 1.29 is 9.00 Å². The third kappa shape index (κ3) is 3.53. The van der Waals surface area contributed by atoms with Gasteiger partial charge in [-0.3, -0.25) is 13.7 Å². The summed E-state index contributed by atoms with van der Waals surface area (Å²) in [5.74, 6) is -0.133. The summed E-state index contributed by atoms with van der Waals surface area (Å²) in [5, 5.41) is 11.9. The first kappa shape index (κ1) is 18.3. The zero-order valence-corrected chi connectivity index (χ0v) is 15.4. The third-order valence-electron chi connectivity index (χ3n) is 4.31. The lowest BCUT2D eigenvalue weighted by Gasteiger charge is -2.22. The van der Waals surface area contributed by atoms with Crippen LogP contribution < -0.4 is 4.90 Å². The average molecular weight is 349 g/mol. The molecule has 0 saturated carbocycles. The summed E-state index contributed by atoms with van der Waals surface area (Å²) in [6, 6.07) is 1.69. The summed E-state index contributed by atoms with van der Waals surface area (Å²) in [4.78, 5) is 14.5. The number of hydrogen-bond donors (Lipinski definition) is 0. The van der Waals surface area contributed by atoms with E-state index in [1.165, 1.54) is 0 Å². The maximum atomic E-state index is 12.9. The van der Waals surface area contributed by atoms with Gasteiger partial charge < -0.3 is 4.90 Å². The van der Waals surface area contributed by atoms with Crippen molar-refractivity contribution in [2.24, 2.45) is 0 Å². The number of nitrogens with zero attached hydrogens (tertiary/aromatic N) is 5. The molecule has 3 unspecified atom stereocenters. The molecule has 0 saturated heterocycles. The first-order valence-electron chi connectivity index (χ1n) is 7.83. The molecule has 0 aliphatic rings. The molecule has 130 valence electrons. The molecule has 0 fully saturated rings. The number of aromatic nitrogens is 4. The molecule has 7 nitrogen and oxygen atoms in total. The Hall–Kier alpha value is -2.09. The summed E-state index contributed by atoms with van der Waals surface area (Å²) in [6.07, 6.45) is 6.38. The van der Waals surface area contributed by atoms with Crippen molar-refractivity contribution in [3.05, 3.63) is 35.9 Å². The van der Waals surface area contributed by atoms with E-state index in [2.05, 4.69) is 15.3 Å². The Bertz CT molecular complexity index is 731. The third-order valence-corrected chi connectivity index (χ3v) is 5.75. The van der Waals surface area contributed by atoms with Crippen molar-refractivity contribution in [3.8, 4) is 0 Å². The number of rotatable bonds is 6. The van der Waals surface area contributed by atoms with E-state index < -0.39 is 10.8 Å². The first-order valence-corrected chi connectivity index (χ1v) is 9.45. The molecule has 0 spiro atoms. The Morgan fingerprint density at radius 1 is 1.33 bits per heavy atom. The van der Waals surface area contributed by atoms with Gasteiger partial charge in [0, 0.05) is 29.3 Å². The molecule has 2 aromatic rings. The van der Waals surface area contributed by atoms with Crippen molar-refractivity contribution in [2.75, 3.05) is 17.7 Å². The second-order valence-corrected chi connectivity index (χ2v) is 7.42. The van der Waals surface area contributed by atoms with E-state index in [-0.39, 0.29) is 17.2 Å². The molecule has 2 rings (SSSR count). The smallest absolute Gasteiger partial charge is 0.261 e. The largest absolute Gasteiger partial charge is 0.307 e. The van der Waals surface area contributed by atoms with Gasteiger partial charge in [0.1, 0.15) is 0 Å². The number of amides is 1. The summed E-state index contributed by atoms with van der Waals surface area (Å²) in [5.41, 5.74) is 2.00. The van der Waals surface area contributed by atoms with Crippen LogP contribution in [0.15, 0.2) is 24.7 Å². The van der Waals surface area contributed by atoms with Crippen molar-refractivity contribution >= 4 is 22.4 Å². The molecular weight excluding hydrogens is 326 g/mol. The van der Waals surface area contributed by atoms with E-state index in [9.17, 15) is 9.00 Å². The molecule has 0 bridgehead atoms. The lowest BCUT2D eigenvalue weighted by Crippen LogP contribution is -2.31. The SMILES string of the molecule is CCN(C(=O)c1cnn(C(C)C(C)S(C)=O)c1C)c1ccnnc1. The quantitative estimate of drug-likeness (QED) is 0.796. The summed E-state index contributed by atoms with van der Waals surface area (Å²) >= 11 is 0. The highest BCUT2D eigenvalue weighted by Gasteiger charge is 2.25. The Labute approximate surface area is 144 Å². The molecular formula is C16H23N5O2S. The summed E-state index contributed by atoms with van der Waals surface area (Å²) in [7, 11) is -0.962. The Morgan fingerprint density at radius 2 is 2.04 bits per heavy atom. The van der Waals surface area contributed by atoms with E-state index in [4.69, 9.17) is 0 Å².